The number of fused-ring (bicyclic) bond motifs is 4. The van der Waals surface area contributed by atoms with Crippen molar-refractivity contribution in [2.45, 2.75) is 19.3 Å². The Bertz CT molecular complexity index is 3230. The SMILES string of the molecule is CC1(C)c2cc3ccccc3cc2-c2c(N(c3ccc(-c4ccccc4)cc3)c3cccc(-c4ccccc4)c3)cc(N(c3ccccc3)c3cccc(-c4ccccc4)c3)cc21. The number of para-hydroxylation sites is 1. The van der Waals surface area contributed by atoms with Gasteiger partial charge in [0.2, 0.25) is 0 Å². The summed E-state index contributed by atoms with van der Waals surface area (Å²) in [7, 11) is 0. The number of benzene rings is 10. The van der Waals surface area contributed by atoms with Gasteiger partial charge in [0.05, 0.1) is 5.69 Å². The Morgan fingerprint density at radius 1 is 0.286 bits per heavy atom. The molecule has 0 amide bonds. The van der Waals surface area contributed by atoms with Crippen LogP contribution in [0.5, 0.6) is 0 Å². The van der Waals surface area contributed by atoms with Crippen LogP contribution in [-0.4, -0.2) is 0 Å². The molecule has 0 N–H and O–H groups in total. The van der Waals surface area contributed by atoms with E-state index in [1.807, 2.05) is 0 Å². The lowest BCUT2D eigenvalue weighted by atomic mass is 9.81. The van der Waals surface area contributed by atoms with E-state index in [1.54, 1.807) is 0 Å². The fraction of sp³-hybridized carbons (Fsp3) is 0.0492. The molecule has 10 aromatic carbocycles. The van der Waals surface area contributed by atoms with Crippen molar-refractivity contribution in [3.63, 3.8) is 0 Å². The van der Waals surface area contributed by atoms with Crippen LogP contribution in [0.2, 0.25) is 0 Å². The molecule has 0 unspecified atom stereocenters. The normalized spacial score (nSPS) is 12.4. The number of hydrogen-bond donors (Lipinski definition) is 0. The highest BCUT2D eigenvalue weighted by atomic mass is 15.2. The Kier molecular flexibility index (Phi) is 9.55. The molecule has 0 saturated heterocycles. The Morgan fingerprint density at radius 3 is 1.29 bits per heavy atom. The van der Waals surface area contributed by atoms with E-state index in [4.69, 9.17) is 0 Å². The van der Waals surface area contributed by atoms with Gasteiger partial charge >= 0.3 is 0 Å². The molecule has 63 heavy (non-hydrogen) atoms. The quantitative estimate of drug-likeness (QED) is 0.143. The predicted octanol–water partition coefficient (Wildman–Crippen LogP) is 17.1. The van der Waals surface area contributed by atoms with Crippen LogP contribution in [-0.2, 0) is 5.41 Å². The number of anilines is 6. The van der Waals surface area contributed by atoms with E-state index in [1.165, 1.54) is 66.4 Å². The van der Waals surface area contributed by atoms with Crippen molar-refractivity contribution in [1.29, 1.82) is 0 Å². The van der Waals surface area contributed by atoms with E-state index in [-0.39, 0.29) is 5.41 Å². The van der Waals surface area contributed by atoms with E-state index in [2.05, 4.69) is 266 Å². The molecule has 1 aliphatic rings. The van der Waals surface area contributed by atoms with Gasteiger partial charge < -0.3 is 9.80 Å². The third-order valence-corrected chi connectivity index (χ3v) is 12.8. The topological polar surface area (TPSA) is 6.48 Å². The molecular formula is C61H46N2. The van der Waals surface area contributed by atoms with Gasteiger partial charge in [-0.1, -0.05) is 184 Å². The first-order chi connectivity index (χ1) is 31.0. The minimum atomic E-state index is -0.303. The first-order valence-corrected chi connectivity index (χ1v) is 21.8. The lowest BCUT2D eigenvalue weighted by Crippen LogP contribution is -2.18. The summed E-state index contributed by atoms with van der Waals surface area (Å²) in [6.07, 6.45) is 0. The van der Waals surface area contributed by atoms with Crippen LogP contribution in [0.15, 0.2) is 243 Å². The van der Waals surface area contributed by atoms with Crippen LogP contribution >= 0.6 is 0 Å². The molecule has 10 aromatic rings. The smallest absolute Gasteiger partial charge is 0.0564 e. The zero-order valence-corrected chi connectivity index (χ0v) is 35.5. The number of hydrogen-bond acceptors (Lipinski definition) is 2. The van der Waals surface area contributed by atoms with Crippen LogP contribution < -0.4 is 9.80 Å². The van der Waals surface area contributed by atoms with Gasteiger partial charge in [-0.3, -0.25) is 0 Å². The second kappa shape index (κ2) is 15.8. The lowest BCUT2D eigenvalue weighted by molar-refractivity contribution is 0.661. The van der Waals surface area contributed by atoms with Gasteiger partial charge in [-0.25, -0.2) is 0 Å². The minimum Gasteiger partial charge on any atom is -0.310 e. The summed E-state index contributed by atoms with van der Waals surface area (Å²) in [6, 6.07) is 88.5. The summed E-state index contributed by atoms with van der Waals surface area (Å²) < 4.78 is 0. The summed E-state index contributed by atoms with van der Waals surface area (Å²) in [5, 5.41) is 2.50. The van der Waals surface area contributed by atoms with E-state index >= 15 is 0 Å². The van der Waals surface area contributed by atoms with E-state index in [0.29, 0.717) is 0 Å². The summed E-state index contributed by atoms with van der Waals surface area (Å²) in [5.41, 5.74) is 18.5. The second-order valence-corrected chi connectivity index (χ2v) is 17.0. The largest absolute Gasteiger partial charge is 0.310 e. The zero-order chi connectivity index (χ0) is 42.3. The van der Waals surface area contributed by atoms with Gasteiger partial charge in [0, 0.05) is 39.4 Å². The first-order valence-electron chi connectivity index (χ1n) is 21.8. The Balaban J connectivity index is 1.21. The fourth-order valence-electron chi connectivity index (χ4n) is 9.60. The summed E-state index contributed by atoms with van der Waals surface area (Å²) in [5.74, 6) is 0. The molecule has 0 radical (unpaired) electrons. The molecule has 300 valence electrons. The third-order valence-electron chi connectivity index (χ3n) is 12.8. The molecule has 0 atom stereocenters. The maximum Gasteiger partial charge on any atom is 0.0564 e. The highest BCUT2D eigenvalue weighted by Gasteiger charge is 2.40. The van der Waals surface area contributed by atoms with Gasteiger partial charge in [-0.15, -0.1) is 0 Å². The molecule has 0 aliphatic heterocycles. The molecule has 2 nitrogen and oxygen atoms in total. The molecule has 1 aliphatic carbocycles. The second-order valence-electron chi connectivity index (χ2n) is 17.0. The fourth-order valence-corrected chi connectivity index (χ4v) is 9.60. The van der Waals surface area contributed by atoms with Crippen molar-refractivity contribution >= 4 is 44.9 Å². The molecule has 11 rings (SSSR count). The van der Waals surface area contributed by atoms with Crippen LogP contribution in [0.4, 0.5) is 34.1 Å². The number of rotatable bonds is 9. The Hall–Kier alpha value is -7.94. The zero-order valence-electron chi connectivity index (χ0n) is 35.5. The van der Waals surface area contributed by atoms with Crippen LogP contribution in [0.25, 0.3) is 55.3 Å². The van der Waals surface area contributed by atoms with Gasteiger partial charge in [0.15, 0.2) is 0 Å². The Morgan fingerprint density at radius 2 is 0.714 bits per heavy atom. The molecule has 0 fully saturated rings. The minimum absolute atomic E-state index is 0.303. The van der Waals surface area contributed by atoms with Crippen molar-refractivity contribution in [1.82, 2.24) is 0 Å². The van der Waals surface area contributed by atoms with E-state index in [0.717, 1.165) is 34.1 Å². The number of nitrogens with zero attached hydrogens (tertiary/aromatic N) is 2. The molecular weight excluding hydrogens is 761 g/mol. The van der Waals surface area contributed by atoms with Crippen molar-refractivity contribution < 1.29 is 0 Å². The van der Waals surface area contributed by atoms with Gasteiger partial charge in [0.1, 0.15) is 0 Å². The van der Waals surface area contributed by atoms with Gasteiger partial charge in [-0.05, 0) is 134 Å². The highest BCUT2D eigenvalue weighted by molar-refractivity contribution is 6.02. The molecule has 0 saturated carbocycles. The average molecular weight is 807 g/mol. The molecule has 2 heteroatoms. The molecule has 0 spiro atoms. The molecule has 0 bridgehead atoms. The van der Waals surface area contributed by atoms with Gasteiger partial charge in [0.25, 0.3) is 0 Å². The summed E-state index contributed by atoms with van der Waals surface area (Å²) >= 11 is 0. The highest BCUT2D eigenvalue weighted by Crippen LogP contribution is 2.57. The van der Waals surface area contributed by atoms with Crippen LogP contribution in [0.3, 0.4) is 0 Å². The maximum atomic E-state index is 2.49. The standard InChI is InChI=1S/C61H46N2/c1-61(2)57-40-50-26-16-15-25-49(50)39-56(57)60-58(61)41-55(62(51-29-13-6-14-30-51)53-31-17-27-47(37-53)44-21-9-4-10-22-44)42-59(60)63(52-35-33-46(34-36-52)43-19-7-3-8-20-43)54-32-18-28-48(38-54)45-23-11-5-12-24-45/h3-42H,1-2H3. The first kappa shape index (κ1) is 38.0. The van der Waals surface area contributed by atoms with Crippen LogP contribution in [0.1, 0.15) is 25.0 Å². The molecule has 0 heterocycles. The maximum absolute atomic E-state index is 2.49. The van der Waals surface area contributed by atoms with Crippen molar-refractivity contribution in [2.75, 3.05) is 9.80 Å². The van der Waals surface area contributed by atoms with E-state index < -0.39 is 0 Å². The van der Waals surface area contributed by atoms with Crippen molar-refractivity contribution in [3.8, 4) is 44.5 Å². The van der Waals surface area contributed by atoms with E-state index in [9.17, 15) is 0 Å². The lowest BCUT2D eigenvalue weighted by Gasteiger charge is -2.33. The summed E-state index contributed by atoms with van der Waals surface area (Å²) in [6.45, 7) is 4.80. The average Bonchev–Trinajstić information content (AvgIpc) is 3.57. The summed E-state index contributed by atoms with van der Waals surface area (Å²) in [4.78, 5) is 4.93. The third kappa shape index (κ3) is 6.96. The monoisotopic (exact) mass is 806 g/mol. The predicted molar refractivity (Wildman–Crippen MR) is 267 cm³/mol. The van der Waals surface area contributed by atoms with Crippen LogP contribution in [0, 0.1) is 0 Å². The Labute approximate surface area is 370 Å². The van der Waals surface area contributed by atoms with Crippen molar-refractivity contribution in [2.24, 2.45) is 0 Å². The van der Waals surface area contributed by atoms with Gasteiger partial charge in [-0.2, -0.15) is 0 Å². The van der Waals surface area contributed by atoms with Crippen molar-refractivity contribution in [3.05, 3.63) is 254 Å². The molecule has 0 aromatic heterocycles.